The second-order valence-electron chi connectivity index (χ2n) is 5.68. The second kappa shape index (κ2) is 11.2. The van der Waals surface area contributed by atoms with Gasteiger partial charge in [0.15, 0.2) is 6.61 Å². The Bertz CT molecular complexity index is 878. The first-order valence-electron chi connectivity index (χ1n) is 8.61. The summed E-state index contributed by atoms with van der Waals surface area (Å²) in [5, 5.41) is 8.77. The van der Waals surface area contributed by atoms with Gasteiger partial charge in [0.2, 0.25) is 0 Å². The summed E-state index contributed by atoms with van der Waals surface area (Å²) < 4.78 is 33.4. The number of alkyl halides is 2. The zero-order valence-electron chi connectivity index (χ0n) is 15.3. The van der Waals surface area contributed by atoms with Crippen LogP contribution in [0.2, 0.25) is 0 Å². The Morgan fingerprint density at radius 1 is 1.10 bits per heavy atom. The van der Waals surface area contributed by atoms with Gasteiger partial charge in [-0.15, -0.1) is 0 Å². The SMILES string of the molecule is N#CCCN(C(=O)COC(=O)/C=C/c1ccc(OC(F)F)cc1)c1ccccc1. The number of rotatable bonds is 9. The van der Waals surface area contributed by atoms with Crippen LogP contribution in [0.4, 0.5) is 14.5 Å². The van der Waals surface area contributed by atoms with Gasteiger partial charge in [0, 0.05) is 18.3 Å². The van der Waals surface area contributed by atoms with Crippen LogP contribution in [-0.2, 0) is 14.3 Å². The van der Waals surface area contributed by atoms with Crippen LogP contribution in [0.25, 0.3) is 6.08 Å². The van der Waals surface area contributed by atoms with E-state index in [2.05, 4.69) is 4.74 Å². The maximum atomic E-state index is 12.4. The van der Waals surface area contributed by atoms with E-state index in [4.69, 9.17) is 10.00 Å². The van der Waals surface area contributed by atoms with E-state index >= 15 is 0 Å². The maximum absolute atomic E-state index is 12.4. The number of carbonyl (C=O) groups excluding carboxylic acids is 2. The molecule has 0 fully saturated rings. The highest BCUT2D eigenvalue weighted by Gasteiger charge is 2.16. The van der Waals surface area contributed by atoms with E-state index in [-0.39, 0.29) is 18.7 Å². The van der Waals surface area contributed by atoms with E-state index in [1.165, 1.54) is 35.2 Å². The van der Waals surface area contributed by atoms with Crippen molar-refractivity contribution in [2.45, 2.75) is 13.0 Å². The highest BCUT2D eigenvalue weighted by Crippen LogP contribution is 2.16. The molecule has 2 aromatic carbocycles. The van der Waals surface area contributed by atoms with Crippen molar-refractivity contribution in [1.29, 1.82) is 5.26 Å². The average molecular weight is 400 g/mol. The van der Waals surface area contributed by atoms with E-state index in [9.17, 15) is 18.4 Å². The molecule has 0 radical (unpaired) electrons. The van der Waals surface area contributed by atoms with Gasteiger partial charge in [0.05, 0.1) is 12.5 Å². The molecule has 0 atom stereocenters. The third-order valence-corrected chi connectivity index (χ3v) is 3.67. The first-order chi connectivity index (χ1) is 14.0. The summed E-state index contributed by atoms with van der Waals surface area (Å²) in [6.45, 7) is -3.21. The summed E-state index contributed by atoms with van der Waals surface area (Å²) >= 11 is 0. The van der Waals surface area contributed by atoms with Crippen LogP contribution in [0.1, 0.15) is 12.0 Å². The van der Waals surface area contributed by atoms with Crippen LogP contribution >= 0.6 is 0 Å². The predicted octanol–water partition coefficient (Wildman–Crippen LogP) is 3.79. The van der Waals surface area contributed by atoms with Crippen molar-refractivity contribution >= 4 is 23.6 Å². The van der Waals surface area contributed by atoms with Crippen molar-refractivity contribution in [2.75, 3.05) is 18.1 Å². The van der Waals surface area contributed by atoms with Gasteiger partial charge in [-0.25, -0.2) is 4.79 Å². The van der Waals surface area contributed by atoms with Gasteiger partial charge in [0.1, 0.15) is 5.75 Å². The first kappa shape index (κ1) is 21.6. The van der Waals surface area contributed by atoms with Gasteiger partial charge in [-0.1, -0.05) is 30.3 Å². The van der Waals surface area contributed by atoms with E-state index in [1.807, 2.05) is 6.07 Å². The quantitative estimate of drug-likeness (QED) is 0.473. The molecule has 0 saturated carbocycles. The van der Waals surface area contributed by atoms with Crippen LogP contribution in [-0.4, -0.2) is 31.6 Å². The van der Waals surface area contributed by atoms with Crippen LogP contribution in [0.15, 0.2) is 60.7 Å². The van der Waals surface area contributed by atoms with E-state index in [1.54, 1.807) is 30.3 Å². The number of halogens is 2. The lowest BCUT2D eigenvalue weighted by Gasteiger charge is -2.21. The highest BCUT2D eigenvalue weighted by atomic mass is 19.3. The molecule has 2 rings (SSSR count). The minimum Gasteiger partial charge on any atom is -0.452 e. The number of ether oxygens (including phenoxy) is 2. The number of amides is 1. The van der Waals surface area contributed by atoms with Crippen molar-refractivity contribution in [1.82, 2.24) is 0 Å². The molecule has 150 valence electrons. The molecule has 2 aromatic rings. The first-order valence-corrected chi connectivity index (χ1v) is 8.61. The molecule has 0 bridgehead atoms. The minimum atomic E-state index is -2.91. The fourth-order valence-corrected chi connectivity index (χ4v) is 2.35. The van der Waals surface area contributed by atoms with Crippen LogP contribution < -0.4 is 9.64 Å². The molecular weight excluding hydrogens is 382 g/mol. The van der Waals surface area contributed by atoms with E-state index in [0.29, 0.717) is 11.3 Å². The molecule has 0 aliphatic rings. The number of esters is 1. The van der Waals surface area contributed by atoms with E-state index in [0.717, 1.165) is 6.08 Å². The summed E-state index contributed by atoms with van der Waals surface area (Å²) in [7, 11) is 0. The normalized spacial score (nSPS) is 10.6. The van der Waals surface area contributed by atoms with Crippen molar-refractivity contribution < 1.29 is 27.8 Å². The molecule has 0 aliphatic heterocycles. The lowest BCUT2D eigenvalue weighted by Crippen LogP contribution is -2.35. The number of anilines is 1. The zero-order chi connectivity index (χ0) is 21.1. The number of benzene rings is 2. The Balaban J connectivity index is 1.90. The number of para-hydroxylation sites is 1. The van der Waals surface area contributed by atoms with Crippen molar-refractivity contribution in [3.8, 4) is 11.8 Å². The fourth-order valence-electron chi connectivity index (χ4n) is 2.35. The van der Waals surface area contributed by atoms with Crippen molar-refractivity contribution in [3.05, 3.63) is 66.2 Å². The van der Waals surface area contributed by atoms with Gasteiger partial charge in [0.25, 0.3) is 5.91 Å². The maximum Gasteiger partial charge on any atom is 0.387 e. The monoisotopic (exact) mass is 400 g/mol. The Kier molecular flexibility index (Phi) is 8.32. The van der Waals surface area contributed by atoms with Crippen LogP contribution in [0.5, 0.6) is 5.75 Å². The second-order valence-corrected chi connectivity index (χ2v) is 5.68. The molecule has 0 N–H and O–H groups in total. The largest absolute Gasteiger partial charge is 0.452 e. The smallest absolute Gasteiger partial charge is 0.387 e. The Morgan fingerprint density at radius 3 is 2.41 bits per heavy atom. The number of nitriles is 1. The summed E-state index contributed by atoms with van der Waals surface area (Å²) in [4.78, 5) is 25.6. The van der Waals surface area contributed by atoms with Gasteiger partial charge in [-0.3, -0.25) is 4.79 Å². The molecule has 0 aromatic heterocycles. The Labute approximate surface area is 166 Å². The molecule has 0 saturated heterocycles. The van der Waals surface area contributed by atoms with Crippen molar-refractivity contribution in [2.24, 2.45) is 0 Å². The molecule has 6 nitrogen and oxygen atoms in total. The third kappa shape index (κ3) is 7.42. The highest BCUT2D eigenvalue weighted by molar-refractivity contribution is 5.96. The lowest BCUT2D eigenvalue weighted by atomic mass is 10.2. The van der Waals surface area contributed by atoms with E-state index < -0.39 is 25.1 Å². The summed E-state index contributed by atoms with van der Waals surface area (Å²) in [5.74, 6) is -1.19. The van der Waals surface area contributed by atoms with Crippen LogP contribution in [0.3, 0.4) is 0 Å². The molecule has 0 spiro atoms. The number of nitrogens with zero attached hydrogens (tertiary/aromatic N) is 2. The fraction of sp³-hybridized carbons (Fsp3) is 0.190. The molecule has 0 aliphatic carbocycles. The predicted molar refractivity (Wildman–Crippen MR) is 102 cm³/mol. The standard InChI is InChI=1S/C21H18F2N2O4/c22-21(23)29-18-10-7-16(8-11-18)9-12-20(27)28-15-19(26)25(14-4-13-24)17-5-2-1-3-6-17/h1-3,5-12,21H,4,14-15H2/b12-9+. The number of hydrogen-bond donors (Lipinski definition) is 0. The van der Waals surface area contributed by atoms with Gasteiger partial charge in [-0.2, -0.15) is 14.0 Å². The molecule has 0 unspecified atom stereocenters. The number of hydrogen-bond acceptors (Lipinski definition) is 5. The molecule has 1 amide bonds. The minimum absolute atomic E-state index is 0.00342. The van der Waals surface area contributed by atoms with Gasteiger partial charge >= 0.3 is 12.6 Å². The summed E-state index contributed by atoms with van der Waals surface area (Å²) in [5.41, 5.74) is 1.17. The summed E-state index contributed by atoms with van der Waals surface area (Å²) in [6.07, 6.45) is 2.68. The topological polar surface area (TPSA) is 79.6 Å². The molecular formula is C21H18F2N2O4. The lowest BCUT2D eigenvalue weighted by molar-refractivity contribution is -0.142. The molecule has 29 heavy (non-hydrogen) atoms. The summed E-state index contributed by atoms with van der Waals surface area (Å²) in [6, 6.07) is 16.4. The Hall–Kier alpha value is -3.73. The average Bonchev–Trinajstić information content (AvgIpc) is 2.72. The van der Waals surface area contributed by atoms with Gasteiger partial charge < -0.3 is 14.4 Å². The molecule has 0 heterocycles. The third-order valence-electron chi connectivity index (χ3n) is 3.67. The van der Waals surface area contributed by atoms with Crippen LogP contribution in [0, 0.1) is 11.3 Å². The van der Waals surface area contributed by atoms with Crippen molar-refractivity contribution in [3.63, 3.8) is 0 Å². The zero-order valence-corrected chi connectivity index (χ0v) is 15.3. The van der Waals surface area contributed by atoms with Gasteiger partial charge in [-0.05, 0) is 35.9 Å². The molecule has 8 heteroatoms. The Morgan fingerprint density at radius 2 is 1.79 bits per heavy atom. The number of carbonyl (C=O) groups is 2.